The summed E-state index contributed by atoms with van der Waals surface area (Å²) in [6, 6.07) is 0. The Hall–Kier alpha value is 1.07. The Labute approximate surface area is 85.1 Å². The number of carbonyl (C=O) groups excluding carboxylic acids is 1. The summed E-state index contributed by atoms with van der Waals surface area (Å²) >= 11 is 0. The molecular weight excluding hydrogens is 123 g/mol. The van der Waals surface area contributed by atoms with Crippen LogP contribution in [-0.4, -0.2) is 18.2 Å². The SMILES string of the molecule is CC(=O)[O-].CO.[K+]. The zero-order valence-electron chi connectivity index (χ0n) is 4.76. The molecule has 0 radical (unpaired) electrons. The number of carbonyl (C=O) groups is 1. The van der Waals surface area contributed by atoms with Crippen LogP contribution >= 0.6 is 0 Å². The molecule has 4 heteroatoms. The molecule has 0 amide bonds. The van der Waals surface area contributed by atoms with E-state index in [1.807, 2.05) is 0 Å². The molecule has 0 saturated carbocycles. The van der Waals surface area contributed by atoms with E-state index < -0.39 is 5.97 Å². The molecule has 0 aliphatic carbocycles. The predicted octanol–water partition coefficient (Wildman–Crippen LogP) is -4.63. The quantitative estimate of drug-likeness (QED) is 0.335. The van der Waals surface area contributed by atoms with Gasteiger partial charge in [-0.2, -0.15) is 0 Å². The summed E-state index contributed by atoms with van der Waals surface area (Å²) in [5.74, 6) is -1.08. The molecule has 0 aromatic heterocycles. The number of aliphatic hydroxyl groups is 1. The molecule has 0 fully saturated rings. The smallest absolute Gasteiger partial charge is 0.550 e. The van der Waals surface area contributed by atoms with Crippen LogP contribution in [0.1, 0.15) is 6.92 Å². The summed E-state index contributed by atoms with van der Waals surface area (Å²) in [5, 5.41) is 15.9. The van der Waals surface area contributed by atoms with E-state index in [-0.39, 0.29) is 51.4 Å². The Morgan fingerprint density at radius 3 is 1.57 bits per heavy atom. The van der Waals surface area contributed by atoms with E-state index in [1.165, 1.54) is 0 Å². The van der Waals surface area contributed by atoms with Gasteiger partial charge in [0.2, 0.25) is 0 Å². The van der Waals surface area contributed by atoms with E-state index in [9.17, 15) is 0 Å². The first-order valence-corrected chi connectivity index (χ1v) is 1.36. The summed E-state index contributed by atoms with van der Waals surface area (Å²) in [6.45, 7) is 0.972. The van der Waals surface area contributed by atoms with Gasteiger partial charge < -0.3 is 15.0 Å². The van der Waals surface area contributed by atoms with Gasteiger partial charge in [0, 0.05) is 13.1 Å². The number of aliphatic carboxylic acids is 1. The van der Waals surface area contributed by atoms with E-state index in [1.54, 1.807) is 0 Å². The minimum atomic E-state index is -1.08. The molecular formula is C3H7KO3. The van der Waals surface area contributed by atoms with Crippen molar-refractivity contribution < 1.29 is 66.4 Å². The van der Waals surface area contributed by atoms with Crippen molar-refractivity contribution in [1.82, 2.24) is 0 Å². The monoisotopic (exact) mass is 130 g/mol. The molecule has 7 heavy (non-hydrogen) atoms. The molecule has 3 nitrogen and oxygen atoms in total. The molecule has 0 atom stereocenters. The van der Waals surface area contributed by atoms with Crippen molar-refractivity contribution in [2.75, 3.05) is 7.11 Å². The fraction of sp³-hybridized carbons (Fsp3) is 0.667. The van der Waals surface area contributed by atoms with Gasteiger partial charge in [-0.15, -0.1) is 0 Å². The summed E-state index contributed by atoms with van der Waals surface area (Å²) in [6.07, 6.45) is 0. The molecule has 1 N–H and O–H groups in total. The Kier molecular flexibility index (Phi) is 35.3. The van der Waals surface area contributed by atoms with E-state index >= 15 is 0 Å². The first-order valence-electron chi connectivity index (χ1n) is 1.36. The van der Waals surface area contributed by atoms with Crippen LogP contribution in [0.4, 0.5) is 0 Å². The number of hydrogen-bond donors (Lipinski definition) is 1. The molecule has 0 bridgehead atoms. The van der Waals surface area contributed by atoms with Gasteiger partial charge in [-0.05, 0) is 6.92 Å². The van der Waals surface area contributed by atoms with Crippen molar-refractivity contribution in [2.24, 2.45) is 0 Å². The van der Waals surface area contributed by atoms with Crippen molar-refractivity contribution in [2.45, 2.75) is 6.92 Å². The number of hydrogen-bond acceptors (Lipinski definition) is 3. The number of rotatable bonds is 0. The number of carboxylic acid groups (broad SMARTS) is 1. The first-order chi connectivity index (χ1) is 2.73. The maximum absolute atomic E-state index is 8.89. The molecule has 38 valence electrons. The minimum absolute atomic E-state index is 0. The molecule has 0 saturated heterocycles. The van der Waals surface area contributed by atoms with Crippen LogP contribution in [0.3, 0.4) is 0 Å². The van der Waals surface area contributed by atoms with Gasteiger partial charge in [0.1, 0.15) is 0 Å². The second-order valence-corrected chi connectivity index (χ2v) is 0.492. The van der Waals surface area contributed by atoms with Crippen LogP contribution in [0.2, 0.25) is 0 Å². The Bertz CT molecular complexity index is 33.2. The normalized spacial score (nSPS) is 4.43. The molecule has 0 unspecified atom stereocenters. The second-order valence-electron chi connectivity index (χ2n) is 0.492. The Morgan fingerprint density at radius 2 is 1.57 bits per heavy atom. The zero-order valence-corrected chi connectivity index (χ0v) is 7.89. The average molecular weight is 130 g/mol. The van der Waals surface area contributed by atoms with E-state index in [0.717, 1.165) is 14.0 Å². The van der Waals surface area contributed by atoms with Gasteiger partial charge in [0.05, 0.1) is 0 Å². The zero-order chi connectivity index (χ0) is 5.58. The molecule has 0 aromatic carbocycles. The number of aliphatic hydroxyl groups excluding tert-OH is 1. The van der Waals surface area contributed by atoms with Crippen LogP contribution in [-0.2, 0) is 4.79 Å². The van der Waals surface area contributed by atoms with Crippen molar-refractivity contribution >= 4 is 5.97 Å². The summed E-state index contributed by atoms with van der Waals surface area (Å²) in [7, 11) is 1.00. The van der Waals surface area contributed by atoms with E-state index in [2.05, 4.69) is 0 Å². The molecule has 0 aliphatic heterocycles. The van der Waals surface area contributed by atoms with Gasteiger partial charge in [-0.3, -0.25) is 0 Å². The topological polar surface area (TPSA) is 60.4 Å². The third kappa shape index (κ3) is 160. The second kappa shape index (κ2) is 15.7. The molecule has 0 spiro atoms. The van der Waals surface area contributed by atoms with Crippen molar-refractivity contribution in [3.63, 3.8) is 0 Å². The maximum atomic E-state index is 8.89. The van der Waals surface area contributed by atoms with Crippen LogP contribution in [0.15, 0.2) is 0 Å². The van der Waals surface area contributed by atoms with Crippen molar-refractivity contribution in [1.29, 1.82) is 0 Å². The van der Waals surface area contributed by atoms with Gasteiger partial charge in [-0.1, -0.05) is 0 Å². The molecule has 0 rings (SSSR count). The van der Waals surface area contributed by atoms with Gasteiger partial charge in [0.15, 0.2) is 0 Å². The van der Waals surface area contributed by atoms with Gasteiger partial charge >= 0.3 is 51.4 Å². The molecule has 0 heterocycles. The fourth-order valence-corrected chi connectivity index (χ4v) is 0. The predicted molar refractivity (Wildman–Crippen MR) is 18.8 cm³/mol. The summed E-state index contributed by atoms with van der Waals surface area (Å²) in [5.41, 5.74) is 0. The number of carboxylic acids is 1. The molecule has 0 aromatic rings. The van der Waals surface area contributed by atoms with Crippen molar-refractivity contribution in [3.8, 4) is 0 Å². The summed E-state index contributed by atoms with van der Waals surface area (Å²) < 4.78 is 0. The van der Waals surface area contributed by atoms with Crippen LogP contribution < -0.4 is 56.5 Å². The third-order valence-electron chi connectivity index (χ3n) is 0. The van der Waals surface area contributed by atoms with Gasteiger partial charge in [-0.25, -0.2) is 0 Å². The van der Waals surface area contributed by atoms with E-state index in [0.29, 0.717) is 0 Å². The summed E-state index contributed by atoms with van der Waals surface area (Å²) in [4.78, 5) is 8.89. The maximum Gasteiger partial charge on any atom is 1.00 e. The van der Waals surface area contributed by atoms with Gasteiger partial charge in [0.25, 0.3) is 0 Å². The van der Waals surface area contributed by atoms with Crippen LogP contribution in [0.5, 0.6) is 0 Å². The minimum Gasteiger partial charge on any atom is -0.550 e. The van der Waals surface area contributed by atoms with E-state index in [4.69, 9.17) is 15.0 Å². The van der Waals surface area contributed by atoms with Crippen LogP contribution in [0.25, 0.3) is 0 Å². The largest absolute Gasteiger partial charge is 1.00 e. The standard InChI is InChI=1S/C2H4O2.CH4O.K/c1-2(3)4;1-2;/h1H3,(H,3,4);2H,1H3;/q;;+1/p-1. The fourth-order valence-electron chi connectivity index (χ4n) is 0. The molecule has 0 aliphatic rings. The van der Waals surface area contributed by atoms with Crippen molar-refractivity contribution in [3.05, 3.63) is 0 Å². The van der Waals surface area contributed by atoms with Crippen LogP contribution in [0, 0.1) is 0 Å². The Balaban J connectivity index is -0.0000000480. The average Bonchev–Trinajstić information content (AvgIpc) is 1.41. The Morgan fingerprint density at radius 1 is 1.57 bits per heavy atom. The first kappa shape index (κ1) is 15.7. The third-order valence-corrected chi connectivity index (χ3v) is 0.